The minimum atomic E-state index is -0.330. The normalized spacial score (nSPS) is 21.9. The molecule has 1 aromatic heterocycles. The third-order valence-electron chi connectivity index (χ3n) is 2.74. The zero-order valence-electron chi connectivity index (χ0n) is 9.30. The first kappa shape index (κ1) is 11.1. The molecule has 0 saturated carbocycles. The molecule has 6 heteroatoms. The molecule has 0 spiro atoms. The molecule has 1 fully saturated rings. The lowest BCUT2D eigenvalue weighted by molar-refractivity contribution is -0.124. The molecular weight excluding hydrogens is 208 g/mol. The molecule has 1 saturated heterocycles. The van der Waals surface area contributed by atoms with Crippen LogP contribution < -0.4 is 5.32 Å². The van der Waals surface area contributed by atoms with Crippen molar-refractivity contribution < 1.29 is 9.53 Å². The first-order valence-electron chi connectivity index (χ1n) is 5.51. The Balaban J connectivity index is 1.79. The summed E-state index contributed by atoms with van der Waals surface area (Å²) in [6.45, 7) is 3.18. The number of nitrogens with zero attached hydrogens (tertiary/aromatic N) is 3. The molecule has 16 heavy (non-hydrogen) atoms. The Morgan fingerprint density at radius 3 is 3.25 bits per heavy atom. The van der Waals surface area contributed by atoms with Crippen LogP contribution in [0.3, 0.4) is 0 Å². The summed E-state index contributed by atoms with van der Waals surface area (Å²) in [6, 6.07) is -0.330. The Kier molecular flexibility index (Phi) is 3.51. The molecule has 1 N–H and O–H groups in total. The predicted octanol–water partition coefficient (Wildman–Crippen LogP) is 0.134. The number of carbonyl (C=O) groups excluding carboxylic acids is 1. The van der Waals surface area contributed by atoms with Gasteiger partial charge in [0.05, 0.1) is 6.10 Å². The fraction of sp³-hybridized carbons (Fsp3) is 0.700. The van der Waals surface area contributed by atoms with Gasteiger partial charge in [0.15, 0.2) is 0 Å². The van der Waals surface area contributed by atoms with Gasteiger partial charge in [-0.2, -0.15) is 5.10 Å². The van der Waals surface area contributed by atoms with Crippen LogP contribution in [0.4, 0.5) is 0 Å². The minimum Gasteiger partial charge on any atom is -0.376 e. The Morgan fingerprint density at radius 1 is 1.75 bits per heavy atom. The lowest BCUT2D eigenvalue weighted by Crippen LogP contribution is -2.36. The standard InChI is InChI=1S/C10H16N4O2/c1-8(14-7-11-6-13-14)10(15)12-5-9-3-2-4-16-9/h6-9H,2-5H2,1H3,(H,12,15)/t8-,9-/m1/s1. The van der Waals surface area contributed by atoms with Gasteiger partial charge in [0.2, 0.25) is 5.91 Å². The summed E-state index contributed by atoms with van der Waals surface area (Å²) in [4.78, 5) is 15.6. The van der Waals surface area contributed by atoms with Crippen LogP contribution in [0.25, 0.3) is 0 Å². The van der Waals surface area contributed by atoms with E-state index in [2.05, 4.69) is 15.4 Å². The Labute approximate surface area is 94.0 Å². The van der Waals surface area contributed by atoms with Crippen molar-refractivity contribution in [1.29, 1.82) is 0 Å². The van der Waals surface area contributed by atoms with Crippen LogP contribution in [0, 0.1) is 0 Å². The molecule has 0 radical (unpaired) electrons. The summed E-state index contributed by atoms with van der Waals surface area (Å²) in [5.41, 5.74) is 0. The van der Waals surface area contributed by atoms with E-state index in [1.807, 2.05) is 0 Å². The molecule has 1 aromatic rings. The quantitative estimate of drug-likeness (QED) is 0.789. The van der Waals surface area contributed by atoms with E-state index in [0.717, 1.165) is 19.4 Å². The van der Waals surface area contributed by atoms with Gasteiger partial charge < -0.3 is 10.1 Å². The zero-order chi connectivity index (χ0) is 11.4. The van der Waals surface area contributed by atoms with Gasteiger partial charge >= 0.3 is 0 Å². The number of ether oxygens (including phenoxy) is 1. The average molecular weight is 224 g/mol. The summed E-state index contributed by atoms with van der Waals surface area (Å²) in [5, 5.41) is 6.79. The molecule has 0 unspecified atom stereocenters. The van der Waals surface area contributed by atoms with Gasteiger partial charge in [-0.05, 0) is 19.8 Å². The van der Waals surface area contributed by atoms with Crippen molar-refractivity contribution in [3.63, 3.8) is 0 Å². The molecule has 1 aliphatic rings. The number of hydrogen-bond acceptors (Lipinski definition) is 4. The number of hydrogen-bond donors (Lipinski definition) is 1. The van der Waals surface area contributed by atoms with Crippen molar-refractivity contribution in [1.82, 2.24) is 20.1 Å². The van der Waals surface area contributed by atoms with Crippen molar-refractivity contribution in [3.05, 3.63) is 12.7 Å². The fourth-order valence-corrected chi connectivity index (χ4v) is 1.70. The molecule has 2 atom stereocenters. The first-order chi connectivity index (χ1) is 7.77. The van der Waals surface area contributed by atoms with Crippen molar-refractivity contribution in [3.8, 4) is 0 Å². The third kappa shape index (κ3) is 2.57. The predicted molar refractivity (Wildman–Crippen MR) is 56.7 cm³/mol. The molecule has 1 aliphatic heterocycles. The van der Waals surface area contributed by atoms with E-state index in [1.165, 1.54) is 17.3 Å². The maximum atomic E-state index is 11.7. The van der Waals surface area contributed by atoms with E-state index in [4.69, 9.17) is 4.74 Å². The van der Waals surface area contributed by atoms with Crippen molar-refractivity contribution in [2.24, 2.45) is 0 Å². The average Bonchev–Trinajstić information content (AvgIpc) is 2.96. The van der Waals surface area contributed by atoms with Gasteiger partial charge in [-0.15, -0.1) is 0 Å². The summed E-state index contributed by atoms with van der Waals surface area (Å²) in [6.07, 6.45) is 5.24. The van der Waals surface area contributed by atoms with E-state index in [1.54, 1.807) is 6.92 Å². The second kappa shape index (κ2) is 5.07. The molecule has 2 heterocycles. The van der Waals surface area contributed by atoms with Crippen LogP contribution in [-0.4, -0.2) is 39.9 Å². The van der Waals surface area contributed by atoms with Crippen molar-refractivity contribution in [2.75, 3.05) is 13.2 Å². The van der Waals surface area contributed by atoms with E-state index >= 15 is 0 Å². The van der Waals surface area contributed by atoms with Gasteiger partial charge in [0.1, 0.15) is 18.7 Å². The Bertz CT molecular complexity index is 333. The largest absolute Gasteiger partial charge is 0.376 e. The highest BCUT2D eigenvalue weighted by molar-refractivity contribution is 5.79. The molecule has 6 nitrogen and oxygen atoms in total. The highest BCUT2D eigenvalue weighted by Gasteiger charge is 2.19. The van der Waals surface area contributed by atoms with Gasteiger partial charge in [-0.3, -0.25) is 4.79 Å². The SMILES string of the molecule is C[C@H](C(=O)NC[C@H]1CCCO1)n1cncn1. The summed E-state index contributed by atoms with van der Waals surface area (Å²) < 4.78 is 6.96. The van der Waals surface area contributed by atoms with Gasteiger partial charge in [0.25, 0.3) is 0 Å². The Hall–Kier alpha value is -1.43. The van der Waals surface area contributed by atoms with Crippen LogP contribution in [-0.2, 0) is 9.53 Å². The van der Waals surface area contributed by atoms with E-state index in [9.17, 15) is 4.79 Å². The monoisotopic (exact) mass is 224 g/mol. The van der Waals surface area contributed by atoms with Crippen LogP contribution in [0.15, 0.2) is 12.7 Å². The zero-order valence-corrected chi connectivity index (χ0v) is 9.30. The maximum absolute atomic E-state index is 11.7. The molecule has 88 valence electrons. The topological polar surface area (TPSA) is 69.0 Å². The minimum absolute atomic E-state index is 0.0546. The van der Waals surface area contributed by atoms with Gasteiger partial charge in [-0.25, -0.2) is 9.67 Å². The van der Waals surface area contributed by atoms with E-state index in [0.29, 0.717) is 6.54 Å². The molecule has 0 bridgehead atoms. The van der Waals surface area contributed by atoms with Crippen LogP contribution in [0.5, 0.6) is 0 Å². The maximum Gasteiger partial charge on any atom is 0.244 e. The first-order valence-corrected chi connectivity index (χ1v) is 5.51. The molecule has 0 aliphatic carbocycles. The van der Waals surface area contributed by atoms with Crippen molar-refractivity contribution in [2.45, 2.75) is 31.9 Å². The number of nitrogens with one attached hydrogen (secondary N) is 1. The van der Waals surface area contributed by atoms with Crippen LogP contribution in [0.2, 0.25) is 0 Å². The third-order valence-corrected chi connectivity index (χ3v) is 2.74. The van der Waals surface area contributed by atoms with E-state index in [-0.39, 0.29) is 18.1 Å². The summed E-state index contributed by atoms with van der Waals surface area (Å²) >= 11 is 0. The van der Waals surface area contributed by atoms with Crippen LogP contribution in [0.1, 0.15) is 25.8 Å². The molecule has 1 amide bonds. The van der Waals surface area contributed by atoms with E-state index < -0.39 is 0 Å². The highest BCUT2D eigenvalue weighted by atomic mass is 16.5. The molecule has 0 aromatic carbocycles. The van der Waals surface area contributed by atoms with Crippen molar-refractivity contribution >= 4 is 5.91 Å². The molecular formula is C10H16N4O2. The second-order valence-corrected chi connectivity index (χ2v) is 3.93. The van der Waals surface area contributed by atoms with Crippen LogP contribution >= 0.6 is 0 Å². The lowest BCUT2D eigenvalue weighted by Gasteiger charge is -2.14. The highest BCUT2D eigenvalue weighted by Crippen LogP contribution is 2.11. The lowest BCUT2D eigenvalue weighted by atomic mass is 10.2. The number of carbonyl (C=O) groups is 1. The van der Waals surface area contributed by atoms with Gasteiger partial charge in [-0.1, -0.05) is 0 Å². The summed E-state index contributed by atoms with van der Waals surface area (Å²) in [5.74, 6) is -0.0546. The fourth-order valence-electron chi connectivity index (χ4n) is 1.70. The summed E-state index contributed by atoms with van der Waals surface area (Å²) in [7, 11) is 0. The number of aromatic nitrogens is 3. The number of rotatable bonds is 4. The second-order valence-electron chi connectivity index (χ2n) is 3.93. The molecule has 2 rings (SSSR count). The van der Waals surface area contributed by atoms with Gasteiger partial charge in [0, 0.05) is 13.2 Å². The Morgan fingerprint density at radius 2 is 2.62 bits per heavy atom. The smallest absolute Gasteiger partial charge is 0.244 e. The number of amides is 1.